The average Bonchev–Trinajstić information content (AvgIpc) is 2.76. The maximum atomic E-state index is 14.1. The quantitative estimate of drug-likeness (QED) is 0.268. The molecule has 0 saturated carbocycles. The van der Waals surface area contributed by atoms with Crippen molar-refractivity contribution < 1.29 is 58.2 Å². The molecule has 13 heteroatoms. The van der Waals surface area contributed by atoms with Crippen LogP contribution in [-0.2, 0) is 17.6 Å². The van der Waals surface area contributed by atoms with Gasteiger partial charge in [-0.15, -0.1) is 0 Å². The molecule has 0 aliphatic carbocycles. The Morgan fingerprint density at radius 3 is 1.26 bits per heavy atom. The Kier molecular flexibility index (Phi) is 8.10. The highest BCUT2D eigenvalue weighted by atomic mass is 19.3. The minimum absolute atomic E-state index is 0.141. The van der Waals surface area contributed by atoms with E-state index in [4.69, 9.17) is 0 Å². The molecule has 0 aliphatic heterocycles. The lowest BCUT2D eigenvalue weighted by Crippen LogP contribution is -2.49. The molecular weight excluding hydrogens is 490 g/mol. The Labute approximate surface area is 186 Å². The maximum absolute atomic E-state index is 14.1. The summed E-state index contributed by atoms with van der Waals surface area (Å²) in [7, 11) is 0. The van der Waals surface area contributed by atoms with E-state index in [-0.39, 0.29) is 37.8 Å². The zero-order valence-corrected chi connectivity index (χ0v) is 17.5. The van der Waals surface area contributed by atoms with Crippen molar-refractivity contribution in [1.29, 1.82) is 0 Å². The molecule has 188 valence electrons. The van der Waals surface area contributed by atoms with E-state index in [0.29, 0.717) is 0 Å². The Hall–Kier alpha value is -2.99. The first-order valence-electron chi connectivity index (χ1n) is 9.69. The van der Waals surface area contributed by atoms with Gasteiger partial charge in [0.25, 0.3) is 0 Å². The molecule has 0 aromatic heterocycles. The number of hydrogen-bond acceptors (Lipinski definition) is 3. The highest BCUT2D eigenvalue weighted by molar-refractivity contribution is 5.90. The van der Waals surface area contributed by atoms with Gasteiger partial charge in [0.1, 0.15) is 0 Å². The largest absolute Gasteiger partial charge is 0.471 e. The monoisotopic (exact) mass is 506 g/mol. The summed E-state index contributed by atoms with van der Waals surface area (Å²) in [4.78, 5) is 11.7. The molecule has 2 aromatic carbocycles. The molecule has 0 fully saturated rings. The molecule has 3 nitrogen and oxygen atoms in total. The van der Waals surface area contributed by atoms with Gasteiger partial charge in [-0.1, -0.05) is 26.7 Å². The summed E-state index contributed by atoms with van der Waals surface area (Å²) in [6.45, 7) is 2.95. The van der Waals surface area contributed by atoms with Gasteiger partial charge in [-0.3, -0.25) is 4.79 Å². The van der Waals surface area contributed by atoms with E-state index in [2.05, 4.69) is 9.47 Å². The standard InChI is InChI=1S/C21H16F10O3/c1-3-5-9-7-11(15(24)17(26)13(9)22)33-20(28,29)19(32)21(30,31)34-12-8-10(6-4-2)14(23)18(27)16(12)25/h7-8H,3-6H2,1-2H3. The van der Waals surface area contributed by atoms with Crippen LogP contribution in [0.5, 0.6) is 11.5 Å². The lowest BCUT2D eigenvalue weighted by molar-refractivity contribution is -0.243. The molecule has 0 amide bonds. The number of hydrogen-bond donors (Lipinski definition) is 0. The number of ketones is 1. The van der Waals surface area contributed by atoms with Crippen molar-refractivity contribution in [3.8, 4) is 11.5 Å². The third-order valence-corrected chi connectivity index (χ3v) is 4.42. The summed E-state index contributed by atoms with van der Waals surface area (Å²) in [6, 6.07) is 0.507. The minimum atomic E-state index is -5.61. The van der Waals surface area contributed by atoms with Crippen molar-refractivity contribution >= 4 is 5.78 Å². The molecule has 0 saturated heterocycles. The van der Waals surface area contributed by atoms with Crippen LogP contribution in [-0.4, -0.2) is 18.0 Å². The fourth-order valence-corrected chi connectivity index (χ4v) is 2.85. The number of aryl methyl sites for hydroxylation is 2. The van der Waals surface area contributed by atoms with Crippen LogP contribution >= 0.6 is 0 Å². The van der Waals surface area contributed by atoms with Crippen molar-refractivity contribution in [1.82, 2.24) is 0 Å². The molecule has 2 rings (SSSR count). The normalized spacial score (nSPS) is 12.1. The molecule has 0 spiro atoms. The van der Waals surface area contributed by atoms with Crippen LogP contribution in [0.1, 0.15) is 37.8 Å². The second-order valence-electron chi connectivity index (χ2n) is 7.02. The number of alkyl halides is 4. The Morgan fingerprint density at radius 2 is 0.971 bits per heavy atom. The Morgan fingerprint density at radius 1 is 0.647 bits per heavy atom. The highest BCUT2D eigenvalue weighted by Crippen LogP contribution is 2.36. The number of rotatable bonds is 10. The molecule has 0 heterocycles. The van der Waals surface area contributed by atoms with Crippen LogP contribution in [0.15, 0.2) is 12.1 Å². The van der Waals surface area contributed by atoms with Crippen molar-refractivity contribution in [2.75, 3.05) is 0 Å². The summed E-state index contributed by atoms with van der Waals surface area (Å²) in [6.07, 6.45) is -11.5. The first-order chi connectivity index (χ1) is 15.7. The predicted octanol–water partition coefficient (Wildman–Crippen LogP) is 6.64. The van der Waals surface area contributed by atoms with Gasteiger partial charge in [-0.05, 0) is 36.1 Å². The summed E-state index contributed by atoms with van der Waals surface area (Å²) >= 11 is 0. The van der Waals surface area contributed by atoms with Crippen molar-refractivity contribution in [2.24, 2.45) is 0 Å². The Bertz CT molecular complexity index is 1000. The van der Waals surface area contributed by atoms with E-state index >= 15 is 0 Å². The van der Waals surface area contributed by atoms with Gasteiger partial charge in [-0.2, -0.15) is 26.3 Å². The molecule has 34 heavy (non-hydrogen) atoms. The summed E-state index contributed by atoms with van der Waals surface area (Å²) in [5.41, 5.74) is -1.29. The molecule has 0 N–H and O–H groups in total. The highest BCUT2D eigenvalue weighted by Gasteiger charge is 2.60. The molecule has 0 aliphatic rings. The lowest BCUT2D eigenvalue weighted by Gasteiger charge is -2.23. The summed E-state index contributed by atoms with van der Waals surface area (Å²) < 4.78 is 146. The van der Waals surface area contributed by atoms with Crippen molar-refractivity contribution in [2.45, 2.75) is 51.7 Å². The van der Waals surface area contributed by atoms with Crippen LogP contribution < -0.4 is 9.47 Å². The van der Waals surface area contributed by atoms with E-state index in [9.17, 15) is 48.7 Å². The van der Waals surface area contributed by atoms with Crippen LogP contribution in [0.2, 0.25) is 0 Å². The zero-order valence-electron chi connectivity index (χ0n) is 17.5. The second kappa shape index (κ2) is 10.1. The van der Waals surface area contributed by atoms with Crippen LogP contribution in [0.4, 0.5) is 43.9 Å². The molecule has 0 unspecified atom stereocenters. The van der Waals surface area contributed by atoms with Gasteiger partial charge >= 0.3 is 18.0 Å². The fourth-order valence-electron chi connectivity index (χ4n) is 2.85. The van der Waals surface area contributed by atoms with Gasteiger partial charge in [0, 0.05) is 0 Å². The van der Waals surface area contributed by atoms with Gasteiger partial charge in [0.2, 0.25) is 11.6 Å². The maximum Gasteiger partial charge on any atom is 0.471 e. The van der Waals surface area contributed by atoms with Crippen LogP contribution in [0.25, 0.3) is 0 Å². The first kappa shape index (κ1) is 27.3. The second-order valence-corrected chi connectivity index (χ2v) is 7.02. The Balaban J connectivity index is 2.39. The van der Waals surface area contributed by atoms with E-state index < -0.39 is 75.5 Å². The predicted molar refractivity (Wildman–Crippen MR) is 96.8 cm³/mol. The third kappa shape index (κ3) is 5.39. The average molecular weight is 506 g/mol. The molecule has 0 bridgehead atoms. The molecule has 0 radical (unpaired) electrons. The van der Waals surface area contributed by atoms with E-state index in [1.165, 1.54) is 13.8 Å². The van der Waals surface area contributed by atoms with Gasteiger partial charge in [0.05, 0.1) is 0 Å². The van der Waals surface area contributed by atoms with Gasteiger partial charge < -0.3 is 9.47 Å². The van der Waals surface area contributed by atoms with Gasteiger partial charge in [0.15, 0.2) is 34.8 Å². The van der Waals surface area contributed by atoms with Gasteiger partial charge in [-0.25, -0.2) is 17.6 Å². The molecule has 2 aromatic rings. The lowest BCUT2D eigenvalue weighted by atomic mass is 10.1. The third-order valence-electron chi connectivity index (χ3n) is 4.42. The SMILES string of the molecule is CCCc1cc(OC(F)(F)C(=O)C(F)(F)Oc2cc(CCC)c(F)c(F)c2F)c(F)c(F)c1F. The van der Waals surface area contributed by atoms with Crippen molar-refractivity contribution in [3.63, 3.8) is 0 Å². The number of benzene rings is 2. The first-order valence-corrected chi connectivity index (χ1v) is 9.69. The topological polar surface area (TPSA) is 35.5 Å². The molecule has 0 atom stereocenters. The summed E-state index contributed by atoms with van der Waals surface area (Å²) in [5, 5.41) is 0. The van der Waals surface area contributed by atoms with Crippen LogP contribution in [0, 0.1) is 34.9 Å². The molecular formula is C21H16F10O3. The fraction of sp³-hybridized carbons (Fsp3) is 0.381. The zero-order chi connectivity index (χ0) is 26.0. The van der Waals surface area contributed by atoms with Crippen LogP contribution in [0.3, 0.4) is 0 Å². The van der Waals surface area contributed by atoms with Crippen molar-refractivity contribution in [3.05, 3.63) is 58.2 Å². The van der Waals surface area contributed by atoms with E-state index in [0.717, 1.165) is 0 Å². The van der Waals surface area contributed by atoms with E-state index in [1.54, 1.807) is 0 Å². The number of carbonyl (C=O) groups excluding carboxylic acids is 1. The number of ether oxygens (including phenoxy) is 2. The minimum Gasteiger partial charge on any atom is -0.423 e. The summed E-state index contributed by atoms with van der Waals surface area (Å²) in [5.74, 6) is -19.7. The smallest absolute Gasteiger partial charge is 0.423 e. The number of Topliss-reactive ketones (excluding diaryl/α,β-unsaturated/α-hetero) is 1. The number of halogens is 10. The van der Waals surface area contributed by atoms with E-state index in [1.807, 2.05) is 0 Å². The number of carbonyl (C=O) groups is 1.